The van der Waals surface area contributed by atoms with E-state index in [0.717, 1.165) is 12.8 Å². The van der Waals surface area contributed by atoms with Gasteiger partial charge in [-0.15, -0.1) is 0 Å². The Kier molecular flexibility index (Phi) is 4.38. The maximum absolute atomic E-state index is 4.23. The zero-order valence-corrected chi connectivity index (χ0v) is 12.3. The lowest BCUT2D eigenvalue weighted by atomic mass is 9.98. The van der Waals surface area contributed by atoms with Gasteiger partial charge in [-0.25, -0.2) is 0 Å². The van der Waals surface area contributed by atoms with Gasteiger partial charge in [0.1, 0.15) is 0 Å². The van der Waals surface area contributed by atoms with E-state index in [-0.39, 0.29) is 0 Å². The van der Waals surface area contributed by atoms with Crippen LogP contribution >= 0.6 is 0 Å². The van der Waals surface area contributed by atoms with Crippen LogP contribution in [-0.2, 0) is 19.9 Å². The standard InChI is InChI=1S/C16H23N3/c1-12-5-13(2)7-14(6-12)8-16(17-3)9-15-10-18-19(4)11-15/h5-7,10-11,16-17H,8-9H2,1-4H3. The molecular weight excluding hydrogens is 234 g/mol. The lowest BCUT2D eigenvalue weighted by molar-refractivity contribution is 0.556. The van der Waals surface area contributed by atoms with E-state index in [4.69, 9.17) is 0 Å². The molecule has 1 heterocycles. The summed E-state index contributed by atoms with van der Waals surface area (Å²) in [7, 11) is 3.99. The molecule has 1 atom stereocenters. The van der Waals surface area contributed by atoms with Crippen LogP contribution in [-0.4, -0.2) is 22.9 Å². The SMILES string of the molecule is CNC(Cc1cc(C)cc(C)c1)Cc1cnn(C)c1. The van der Waals surface area contributed by atoms with Crippen molar-refractivity contribution in [2.45, 2.75) is 32.7 Å². The predicted octanol–water partition coefficient (Wildman–Crippen LogP) is 2.41. The minimum atomic E-state index is 0.449. The molecule has 0 saturated heterocycles. The molecule has 0 saturated carbocycles. The summed E-state index contributed by atoms with van der Waals surface area (Å²) in [5.41, 5.74) is 5.37. The van der Waals surface area contributed by atoms with Crippen molar-refractivity contribution >= 4 is 0 Å². The summed E-state index contributed by atoms with van der Waals surface area (Å²) in [5, 5.41) is 7.64. The number of benzene rings is 1. The normalized spacial score (nSPS) is 12.6. The van der Waals surface area contributed by atoms with Crippen LogP contribution in [0.1, 0.15) is 22.3 Å². The number of hydrogen-bond acceptors (Lipinski definition) is 2. The molecule has 1 N–H and O–H groups in total. The molecule has 102 valence electrons. The molecule has 0 aliphatic carbocycles. The maximum atomic E-state index is 4.23. The van der Waals surface area contributed by atoms with Crippen molar-refractivity contribution < 1.29 is 0 Å². The van der Waals surface area contributed by atoms with Crippen LogP contribution < -0.4 is 5.32 Å². The molecule has 2 aromatic rings. The van der Waals surface area contributed by atoms with Gasteiger partial charge in [0, 0.05) is 19.3 Å². The topological polar surface area (TPSA) is 29.9 Å². The van der Waals surface area contributed by atoms with E-state index >= 15 is 0 Å². The van der Waals surface area contributed by atoms with Gasteiger partial charge >= 0.3 is 0 Å². The largest absolute Gasteiger partial charge is 0.316 e. The Morgan fingerprint density at radius 3 is 2.26 bits per heavy atom. The summed E-state index contributed by atoms with van der Waals surface area (Å²) >= 11 is 0. The second-order valence-electron chi connectivity index (χ2n) is 5.41. The quantitative estimate of drug-likeness (QED) is 0.891. The Labute approximate surface area is 115 Å². The third-order valence-electron chi connectivity index (χ3n) is 3.41. The first-order valence-electron chi connectivity index (χ1n) is 6.79. The number of hydrogen-bond donors (Lipinski definition) is 1. The zero-order chi connectivity index (χ0) is 13.8. The van der Waals surface area contributed by atoms with Crippen molar-refractivity contribution in [2.24, 2.45) is 7.05 Å². The average molecular weight is 257 g/mol. The number of likely N-dealkylation sites (N-methyl/N-ethyl adjacent to an activating group) is 1. The Hall–Kier alpha value is -1.61. The van der Waals surface area contributed by atoms with Crippen molar-refractivity contribution in [1.29, 1.82) is 0 Å². The highest BCUT2D eigenvalue weighted by molar-refractivity contribution is 5.29. The van der Waals surface area contributed by atoms with E-state index in [1.54, 1.807) is 0 Å². The molecule has 0 radical (unpaired) electrons. The van der Waals surface area contributed by atoms with Crippen molar-refractivity contribution in [3.8, 4) is 0 Å². The fourth-order valence-electron chi connectivity index (χ4n) is 2.61. The molecule has 0 amide bonds. The Morgan fingerprint density at radius 2 is 1.74 bits per heavy atom. The number of nitrogens with one attached hydrogen (secondary N) is 1. The third-order valence-corrected chi connectivity index (χ3v) is 3.41. The minimum Gasteiger partial charge on any atom is -0.316 e. The van der Waals surface area contributed by atoms with Gasteiger partial charge < -0.3 is 5.32 Å². The fourth-order valence-corrected chi connectivity index (χ4v) is 2.61. The molecule has 0 fully saturated rings. The number of rotatable bonds is 5. The number of aryl methyl sites for hydroxylation is 3. The van der Waals surface area contributed by atoms with Crippen molar-refractivity contribution in [2.75, 3.05) is 7.05 Å². The van der Waals surface area contributed by atoms with Gasteiger partial charge in [0.15, 0.2) is 0 Å². The molecule has 1 aromatic carbocycles. The molecule has 1 unspecified atom stereocenters. The molecule has 3 heteroatoms. The predicted molar refractivity (Wildman–Crippen MR) is 79.4 cm³/mol. The van der Waals surface area contributed by atoms with Crippen LogP contribution in [0.2, 0.25) is 0 Å². The van der Waals surface area contributed by atoms with Crippen LogP contribution in [0.3, 0.4) is 0 Å². The molecule has 0 aliphatic rings. The molecule has 1 aromatic heterocycles. The summed E-state index contributed by atoms with van der Waals surface area (Å²) in [4.78, 5) is 0. The highest BCUT2D eigenvalue weighted by Crippen LogP contribution is 2.13. The van der Waals surface area contributed by atoms with E-state index in [9.17, 15) is 0 Å². The van der Waals surface area contributed by atoms with Crippen LogP contribution in [0.5, 0.6) is 0 Å². The fraction of sp³-hybridized carbons (Fsp3) is 0.438. The van der Waals surface area contributed by atoms with Crippen LogP contribution in [0.25, 0.3) is 0 Å². The van der Waals surface area contributed by atoms with Gasteiger partial charge in [-0.05, 0) is 44.9 Å². The van der Waals surface area contributed by atoms with E-state index in [1.807, 2.05) is 25.0 Å². The summed E-state index contributed by atoms with van der Waals surface area (Å²) in [6, 6.07) is 7.23. The lowest BCUT2D eigenvalue weighted by Crippen LogP contribution is -2.29. The number of aromatic nitrogens is 2. The molecule has 0 spiro atoms. The van der Waals surface area contributed by atoms with Gasteiger partial charge in [-0.3, -0.25) is 4.68 Å². The van der Waals surface area contributed by atoms with Crippen molar-refractivity contribution in [1.82, 2.24) is 15.1 Å². The van der Waals surface area contributed by atoms with Gasteiger partial charge in [0.05, 0.1) is 6.20 Å². The summed E-state index contributed by atoms with van der Waals surface area (Å²) in [6.45, 7) is 4.32. The van der Waals surface area contributed by atoms with Crippen LogP contribution in [0.15, 0.2) is 30.6 Å². The average Bonchev–Trinajstić information content (AvgIpc) is 2.72. The molecular formula is C16H23N3. The monoisotopic (exact) mass is 257 g/mol. The first-order valence-corrected chi connectivity index (χ1v) is 6.79. The van der Waals surface area contributed by atoms with Crippen molar-refractivity contribution in [3.05, 3.63) is 52.8 Å². The molecule has 19 heavy (non-hydrogen) atoms. The first-order chi connectivity index (χ1) is 9.06. The van der Waals surface area contributed by atoms with Crippen molar-refractivity contribution in [3.63, 3.8) is 0 Å². The van der Waals surface area contributed by atoms with E-state index in [1.165, 1.54) is 22.3 Å². The van der Waals surface area contributed by atoms with E-state index in [0.29, 0.717) is 6.04 Å². The van der Waals surface area contributed by atoms with E-state index in [2.05, 4.69) is 48.7 Å². The Balaban J connectivity index is 2.06. The molecule has 0 bridgehead atoms. The Bertz CT molecular complexity index is 522. The second-order valence-corrected chi connectivity index (χ2v) is 5.41. The molecule has 3 nitrogen and oxygen atoms in total. The third kappa shape index (κ3) is 3.93. The lowest BCUT2D eigenvalue weighted by Gasteiger charge is -2.16. The van der Waals surface area contributed by atoms with Crippen LogP contribution in [0.4, 0.5) is 0 Å². The van der Waals surface area contributed by atoms with Crippen LogP contribution in [0, 0.1) is 13.8 Å². The first kappa shape index (κ1) is 13.8. The summed E-state index contributed by atoms with van der Waals surface area (Å²) < 4.78 is 1.86. The smallest absolute Gasteiger partial charge is 0.0522 e. The second kappa shape index (κ2) is 6.02. The summed E-state index contributed by atoms with van der Waals surface area (Å²) in [5.74, 6) is 0. The van der Waals surface area contributed by atoms with E-state index < -0.39 is 0 Å². The van der Waals surface area contributed by atoms with Gasteiger partial charge in [-0.1, -0.05) is 29.3 Å². The molecule has 2 rings (SSSR count). The highest BCUT2D eigenvalue weighted by atomic mass is 15.2. The Morgan fingerprint density at radius 1 is 1.11 bits per heavy atom. The minimum absolute atomic E-state index is 0.449. The summed E-state index contributed by atoms with van der Waals surface area (Å²) in [6.07, 6.45) is 6.10. The zero-order valence-electron chi connectivity index (χ0n) is 12.3. The van der Waals surface area contributed by atoms with Gasteiger partial charge in [0.25, 0.3) is 0 Å². The number of nitrogens with zero attached hydrogens (tertiary/aromatic N) is 2. The maximum Gasteiger partial charge on any atom is 0.0522 e. The molecule has 0 aliphatic heterocycles. The van der Waals surface area contributed by atoms with Gasteiger partial charge in [-0.2, -0.15) is 5.10 Å². The van der Waals surface area contributed by atoms with Gasteiger partial charge in [0.2, 0.25) is 0 Å². The highest BCUT2D eigenvalue weighted by Gasteiger charge is 2.10.